The van der Waals surface area contributed by atoms with Gasteiger partial charge in [-0.2, -0.15) is 8.42 Å². The van der Waals surface area contributed by atoms with E-state index in [9.17, 15) is 13.2 Å². The lowest BCUT2D eigenvalue weighted by Crippen LogP contribution is -2.26. The van der Waals surface area contributed by atoms with Gasteiger partial charge < -0.3 is 10.2 Å². The highest BCUT2D eigenvalue weighted by Gasteiger charge is 2.19. The van der Waals surface area contributed by atoms with Crippen molar-refractivity contribution in [1.29, 1.82) is 0 Å². The molecule has 3 rings (SSSR count). The van der Waals surface area contributed by atoms with Gasteiger partial charge >= 0.3 is 0 Å². The lowest BCUT2D eigenvalue weighted by atomic mass is 10.1. The monoisotopic (exact) mass is 427 g/mol. The van der Waals surface area contributed by atoms with Crippen molar-refractivity contribution in [3.63, 3.8) is 0 Å². The van der Waals surface area contributed by atoms with Gasteiger partial charge in [-0.3, -0.25) is 4.79 Å². The Hall–Kier alpha value is -2.67. The van der Waals surface area contributed by atoms with Gasteiger partial charge in [-0.1, -0.05) is 42.3 Å². The highest BCUT2D eigenvalue weighted by molar-refractivity contribution is 7.90. The van der Waals surface area contributed by atoms with Crippen LogP contribution < -0.4 is 5.32 Å². The summed E-state index contributed by atoms with van der Waals surface area (Å²) < 4.78 is 29.7. The van der Waals surface area contributed by atoms with Gasteiger partial charge in [0, 0.05) is 32.1 Å². The van der Waals surface area contributed by atoms with Crippen LogP contribution in [0.15, 0.2) is 57.8 Å². The first-order valence-electron chi connectivity index (χ1n) is 10.3. The third-order valence-electron chi connectivity index (χ3n) is 5.20. The van der Waals surface area contributed by atoms with Crippen LogP contribution >= 0.6 is 0 Å². The Morgan fingerprint density at radius 3 is 2.70 bits per heavy atom. The van der Waals surface area contributed by atoms with Crippen molar-refractivity contribution in [3.8, 4) is 0 Å². The zero-order chi connectivity index (χ0) is 21.6. The van der Waals surface area contributed by atoms with Crippen molar-refractivity contribution in [3.05, 3.63) is 59.7 Å². The Morgan fingerprint density at radius 2 is 1.90 bits per heavy atom. The third-order valence-corrected chi connectivity index (χ3v) is 6.50. The van der Waals surface area contributed by atoms with Crippen molar-refractivity contribution in [2.24, 2.45) is 4.40 Å². The molecule has 0 aromatic heterocycles. The van der Waals surface area contributed by atoms with Crippen LogP contribution in [0.25, 0.3) is 0 Å². The standard InChI is InChI=1S/C23H29N3O3S/c1-18-8-6-9-19(16-18)13-14-23(27)24-20-10-7-11-21(17-20)30(28,29)25-22-12-4-3-5-15-26(22)2/h6-11,16-17H,3-5,12-15H2,1-2H3,(H,24,27)/b25-22+. The maximum Gasteiger partial charge on any atom is 0.284 e. The molecular weight excluding hydrogens is 398 g/mol. The minimum atomic E-state index is -3.83. The van der Waals surface area contributed by atoms with Crippen molar-refractivity contribution in [1.82, 2.24) is 4.90 Å². The summed E-state index contributed by atoms with van der Waals surface area (Å²) in [5.74, 6) is 0.445. The molecule has 2 aromatic rings. The molecule has 30 heavy (non-hydrogen) atoms. The first-order chi connectivity index (χ1) is 14.3. The van der Waals surface area contributed by atoms with E-state index in [4.69, 9.17) is 0 Å². The number of hydrogen-bond acceptors (Lipinski definition) is 3. The molecule has 6 nitrogen and oxygen atoms in total. The van der Waals surface area contributed by atoms with Crippen LogP contribution in [0.3, 0.4) is 0 Å². The molecule has 0 radical (unpaired) electrons. The number of carbonyl (C=O) groups is 1. The van der Waals surface area contributed by atoms with Gasteiger partial charge in [0.15, 0.2) is 0 Å². The fraction of sp³-hybridized carbons (Fsp3) is 0.391. The summed E-state index contributed by atoms with van der Waals surface area (Å²) >= 11 is 0. The number of amidine groups is 1. The SMILES string of the molecule is Cc1cccc(CCC(=O)Nc2cccc(S(=O)(=O)/N=C3\CCCCCN3C)c2)c1. The van der Waals surface area contributed by atoms with Crippen LogP contribution in [0.1, 0.15) is 43.2 Å². The Labute approximate surface area is 179 Å². The molecule has 1 aliphatic heterocycles. The zero-order valence-corrected chi connectivity index (χ0v) is 18.4. The average Bonchev–Trinajstić information content (AvgIpc) is 2.91. The smallest absolute Gasteiger partial charge is 0.284 e. The van der Waals surface area contributed by atoms with Crippen LogP contribution in [0.2, 0.25) is 0 Å². The Morgan fingerprint density at radius 1 is 1.10 bits per heavy atom. The van der Waals surface area contributed by atoms with E-state index in [1.807, 2.05) is 37.1 Å². The number of benzene rings is 2. The molecular formula is C23H29N3O3S. The predicted octanol–water partition coefficient (Wildman–Crippen LogP) is 4.16. The largest absolute Gasteiger partial charge is 0.362 e. The first kappa shape index (κ1) is 22.0. The van der Waals surface area contributed by atoms with E-state index in [1.165, 1.54) is 12.1 Å². The normalized spacial score (nSPS) is 16.3. The molecule has 0 saturated carbocycles. The van der Waals surface area contributed by atoms with Crippen LogP contribution in [-0.4, -0.2) is 38.7 Å². The summed E-state index contributed by atoms with van der Waals surface area (Å²) in [5, 5.41) is 2.80. The second kappa shape index (κ2) is 9.89. The predicted molar refractivity (Wildman–Crippen MR) is 120 cm³/mol. The summed E-state index contributed by atoms with van der Waals surface area (Å²) in [5.41, 5.74) is 2.72. The van der Waals surface area contributed by atoms with Crippen LogP contribution in [-0.2, 0) is 21.2 Å². The van der Waals surface area contributed by atoms with Crippen molar-refractivity contribution in [2.45, 2.75) is 50.3 Å². The number of anilines is 1. The second-order valence-corrected chi connectivity index (χ2v) is 9.38. The van der Waals surface area contributed by atoms with Crippen LogP contribution in [0.5, 0.6) is 0 Å². The summed E-state index contributed by atoms with van der Waals surface area (Å²) in [4.78, 5) is 14.3. The summed E-state index contributed by atoms with van der Waals surface area (Å²) in [7, 11) is -1.95. The van der Waals surface area contributed by atoms with Crippen LogP contribution in [0, 0.1) is 6.92 Å². The molecule has 0 atom stereocenters. The number of aryl methyl sites for hydroxylation is 2. The van der Waals surface area contributed by atoms with E-state index < -0.39 is 10.0 Å². The van der Waals surface area contributed by atoms with E-state index in [-0.39, 0.29) is 10.8 Å². The molecule has 1 heterocycles. The number of nitrogens with zero attached hydrogens (tertiary/aromatic N) is 2. The summed E-state index contributed by atoms with van der Waals surface area (Å²) in [6.45, 7) is 2.83. The fourth-order valence-corrected chi connectivity index (χ4v) is 4.66. The highest BCUT2D eigenvalue weighted by atomic mass is 32.2. The molecule has 1 amide bonds. The molecule has 2 aromatic carbocycles. The van der Waals surface area contributed by atoms with E-state index in [1.54, 1.807) is 12.1 Å². The summed E-state index contributed by atoms with van der Waals surface area (Å²) in [6.07, 6.45) is 4.67. The molecule has 1 saturated heterocycles. The topological polar surface area (TPSA) is 78.8 Å². The minimum Gasteiger partial charge on any atom is -0.362 e. The van der Waals surface area contributed by atoms with Gasteiger partial charge in [-0.05, 0) is 49.9 Å². The number of rotatable bonds is 6. The van der Waals surface area contributed by atoms with Crippen molar-refractivity contribution in [2.75, 3.05) is 18.9 Å². The molecule has 7 heteroatoms. The fourth-order valence-electron chi connectivity index (χ4n) is 3.52. The van der Waals surface area contributed by atoms with Gasteiger partial charge in [0.2, 0.25) is 5.91 Å². The molecule has 1 fully saturated rings. The Bertz CT molecular complexity index is 1030. The molecule has 160 valence electrons. The van der Waals surface area contributed by atoms with Crippen molar-refractivity contribution >= 4 is 27.5 Å². The van der Waals surface area contributed by atoms with E-state index in [0.29, 0.717) is 30.8 Å². The van der Waals surface area contributed by atoms with Crippen molar-refractivity contribution < 1.29 is 13.2 Å². The zero-order valence-electron chi connectivity index (χ0n) is 17.6. The van der Waals surface area contributed by atoms with Gasteiger partial charge in [-0.25, -0.2) is 0 Å². The van der Waals surface area contributed by atoms with Gasteiger partial charge in [0.1, 0.15) is 5.84 Å². The average molecular weight is 428 g/mol. The van der Waals surface area contributed by atoms with Crippen LogP contribution in [0.4, 0.5) is 5.69 Å². The quantitative estimate of drug-likeness (QED) is 0.751. The number of nitrogens with one attached hydrogen (secondary N) is 1. The lowest BCUT2D eigenvalue weighted by Gasteiger charge is -2.17. The first-order valence-corrected chi connectivity index (χ1v) is 11.8. The lowest BCUT2D eigenvalue weighted by molar-refractivity contribution is -0.116. The number of amides is 1. The number of likely N-dealkylation sites (tertiary alicyclic amines) is 1. The van der Waals surface area contributed by atoms with Gasteiger partial charge in [-0.15, -0.1) is 4.40 Å². The van der Waals surface area contributed by atoms with Gasteiger partial charge in [0.05, 0.1) is 4.90 Å². The number of sulfonamides is 1. The maximum absolute atomic E-state index is 12.8. The van der Waals surface area contributed by atoms with E-state index in [0.717, 1.165) is 36.9 Å². The number of hydrogen-bond donors (Lipinski definition) is 1. The summed E-state index contributed by atoms with van der Waals surface area (Å²) in [6, 6.07) is 14.4. The maximum atomic E-state index is 12.8. The molecule has 0 spiro atoms. The van der Waals surface area contributed by atoms with E-state index in [2.05, 4.69) is 15.8 Å². The van der Waals surface area contributed by atoms with Gasteiger partial charge in [0.25, 0.3) is 10.0 Å². The Kier molecular flexibility index (Phi) is 7.26. The molecule has 1 N–H and O–H groups in total. The molecule has 0 bridgehead atoms. The molecule has 1 aliphatic rings. The third kappa shape index (κ3) is 6.16. The molecule has 0 aliphatic carbocycles. The minimum absolute atomic E-state index is 0.0872. The Balaban J connectivity index is 1.68. The number of carbonyl (C=O) groups excluding carboxylic acids is 1. The highest BCUT2D eigenvalue weighted by Crippen LogP contribution is 2.20. The second-order valence-electron chi connectivity index (χ2n) is 7.78. The molecule has 0 unspecified atom stereocenters. The van der Waals surface area contributed by atoms with E-state index >= 15 is 0 Å².